The van der Waals surface area contributed by atoms with Crippen molar-refractivity contribution in [1.82, 2.24) is 0 Å². The minimum absolute atomic E-state index is 0.955. The molecule has 0 aromatic heterocycles. The molecule has 13 heavy (non-hydrogen) atoms. The molecule has 0 aromatic carbocycles. The number of ether oxygens (including phenoxy) is 2. The Hall–Kier alpha value is -0.640. The molecule has 0 amide bonds. The van der Waals surface area contributed by atoms with Gasteiger partial charge in [-0.15, -0.1) is 6.42 Å². The van der Waals surface area contributed by atoms with Crippen LogP contribution in [-0.2, 0) is 9.47 Å². The van der Waals surface area contributed by atoms with Gasteiger partial charge in [-0.3, -0.25) is 0 Å². The number of terminal acetylenes is 1. The Balaban J connectivity index is 2.73. The van der Waals surface area contributed by atoms with Crippen LogP contribution in [0.15, 0.2) is 0 Å². The predicted octanol–water partition coefficient (Wildman–Crippen LogP) is -1.93. The van der Waals surface area contributed by atoms with Crippen molar-refractivity contribution < 1.29 is 24.8 Å². The Labute approximate surface area is 75.9 Å². The number of aliphatic hydroxyl groups excluding tert-OH is 3. The van der Waals surface area contributed by atoms with Gasteiger partial charge in [-0.25, -0.2) is 0 Å². The van der Waals surface area contributed by atoms with Crippen LogP contribution in [-0.4, -0.2) is 53.1 Å². The molecule has 0 unspecified atom stereocenters. The summed E-state index contributed by atoms with van der Waals surface area (Å²) in [5.41, 5.74) is 0. The highest BCUT2D eigenvalue weighted by atomic mass is 16.7. The van der Waals surface area contributed by atoms with Crippen molar-refractivity contribution in [2.24, 2.45) is 0 Å². The van der Waals surface area contributed by atoms with Crippen molar-refractivity contribution in [2.75, 3.05) is 7.11 Å². The maximum Gasteiger partial charge on any atom is 0.187 e. The van der Waals surface area contributed by atoms with Crippen molar-refractivity contribution in [3.05, 3.63) is 0 Å². The van der Waals surface area contributed by atoms with E-state index in [4.69, 9.17) is 15.9 Å². The molecule has 5 heteroatoms. The van der Waals surface area contributed by atoms with E-state index in [0.29, 0.717) is 0 Å². The molecule has 1 heterocycles. The predicted molar refractivity (Wildman–Crippen MR) is 42.5 cm³/mol. The van der Waals surface area contributed by atoms with Crippen LogP contribution < -0.4 is 0 Å². The Morgan fingerprint density at radius 3 is 2.31 bits per heavy atom. The summed E-state index contributed by atoms with van der Waals surface area (Å²) in [6.07, 6.45) is -0.841. The summed E-state index contributed by atoms with van der Waals surface area (Å²) in [4.78, 5) is 0. The zero-order chi connectivity index (χ0) is 10.0. The van der Waals surface area contributed by atoms with Gasteiger partial charge in [0.2, 0.25) is 0 Å². The SMILES string of the molecule is C#C[C@@H]1O[C@@H](OC)[C@H](O)[C@H](O)[C@H]1O. The summed E-state index contributed by atoms with van der Waals surface area (Å²) in [5, 5.41) is 27.9. The highest BCUT2D eigenvalue weighted by Crippen LogP contribution is 2.20. The quantitative estimate of drug-likeness (QED) is 0.418. The van der Waals surface area contributed by atoms with Gasteiger partial charge in [0, 0.05) is 7.11 Å². The summed E-state index contributed by atoms with van der Waals surface area (Å²) >= 11 is 0. The fourth-order valence-corrected chi connectivity index (χ4v) is 1.18. The fourth-order valence-electron chi connectivity index (χ4n) is 1.18. The van der Waals surface area contributed by atoms with Crippen LogP contribution in [0.4, 0.5) is 0 Å². The van der Waals surface area contributed by atoms with Gasteiger partial charge in [0.05, 0.1) is 0 Å². The molecule has 74 valence electrons. The number of hydrogen-bond acceptors (Lipinski definition) is 5. The Bertz CT molecular complexity index is 209. The summed E-state index contributed by atoms with van der Waals surface area (Å²) in [6.45, 7) is 0. The molecule has 0 saturated carbocycles. The minimum Gasteiger partial charge on any atom is -0.387 e. The lowest BCUT2D eigenvalue weighted by atomic mass is 9.99. The van der Waals surface area contributed by atoms with Gasteiger partial charge in [-0.1, -0.05) is 5.92 Å². The standard InChI is InChI=1S/C8H12O5/c1-3-4-5(9)6(10)7(11)8(12-2)13-4/h1,4-11H,2H3/t4-,5-,6+,7+,8+/m0/s1. The zero-order valence-electron chi connectivity index (χ0n) is 7.12. The van der Waals surface area contributed by atoms with Crippen LogP contribution in [0.5, 0.6) is 0 Å². The third-order valence-corrected chi connectivity index (χ3v) is 1.97. The van der Waals surface area contributed by atoms with E-state index >= 15 is 0 Å². The van der Waals surface area contributed by atoms with Gasteiger partial charge >= 0.3 is 0 Å². The van der Waals surface area contributed by atoms with E-state index in [1.54, 1.807) is 0 Å². The molecule has 0 spiro atoms. The Morgan fingerprint density at radius 2 is 1.85 bits per heavy atom. The zero-order valence-corrected chi connectivity index (χ0v) is 7.12. The first-order valence-electron chi connectivity index (χ1n) is 3.80. The number of hydrogen-bond donors (Lipinski definition) is 3. The second-order valence-corrected chi connectivity index (χ2v) is 2.80. The van der Waals surface area contributed by atoms with Crippen molar-refractivity contribution in [1.29, 1.82) is 0 Å². The molecule has 3 N–H and O–H groups in total. The van der Waals surface area contributed by atoms with Crippen LogP contribution in [0, 0.1) is 12.3 Å². The third-order valence-electron chi connectivity index (χ3n) is 1.97. The lowest BCUT2D eigenvalue weighted by Gasteiger charge is -2.37. The van der Waals surface area contributed by atoms with Gasteiger partial charge in [0.25, 0.3) is 0 Å². The van der Waals surface area contributed by atoms with E-state index in [2.05, 4.69) is 5.92 Å². The van der Waals surface area contributed by atoms with Gasteiger partial charge in [-0.05, 0) is 0 Å². The van der Waals surface area contributed by atoms with Crippen LogP contribution in [0.25, 0.3) is 0 Å². The topological polar surface area (TPSA) is 79.2 Å². The van der Waals surface area contributed by atoms with E-state index in [1.807, 2.05) is 0 Å². The van der Waals surface area contributed by atoms with Crippen molar-refractivity contribution in [3.63, 3.8) is 0 Å². The summed E-state index contributed by atoms with van der Waals surface area (Å²) < 4.78 is 9.68. The van der Waals surface area contributed by atoms with Gasteiger partial charge in [-0.2, -0.15) is 0 Å². The first-order valence-corrected chi connectivity index (χ1v) is 3.80. The Morgan fingerprint density at radius 1 is 1.23 bits per heavy atom. The molecule has 0 bridgehead atoms. The molecule has 0 aliphatic carbocycles. The smallest absolute Gasteiger partial charge is 0.187 e. The highest BCUT2D eigenvalue weighted by molar-refractivity contribution is 5.04. The second kappa shape index (κ2) is 4.05. The highest BCUT2D eigenvalue weighted by Gasteiger charge is 2.43. The first kappa shape index (κ1) is 10.4. The molecular formula is C8H12O5. The maximum absolute atomic E-state index is 9.29. The second-order valence-electron chi connectivity index (χ2n) is 2.80. The lowest BCUT2D eigenvalue weighted by molar-refractivity contribution is -0.277. The van der Waals surface area contributed by atoms with E-state index < -0.39 is 30.7 Å². The molecule has 1 aliphatic heterocycles. The van der Waals surface area contributed by atoms with Crippen LogP contribution in [0.3, 0.4) is 0 Å². The minimum atomic E-state index is -1.35. The molecule has 0 radical (unpaired) electrons. The molecular weight excluding hydrogens is 176 g/mol. The molecule has 1 fully saturated rings. The van der Waals surface area contributed by atoms with Crippen LogP contribution in [0.1, 0.15) is 0 Å². The lowest BCUT2D eigenvalue weighted by Crippen LogP contribution is -2.57. The molecule has 5 nitrogen and oxygen atoms in total. The summed E-state index contributed by atoms with van der Waals surface area (Å²) in [6, 6.07) is 0. The fraction of sp³-hybridized carbons (Fsp3) is 0.750. The number of methoxy groups -OCH3 is 1. The first-order chi connectivity index (χ1) is 6.11. The van der Waals surface area contributed by atoms with E-state index in [-0.39, 0.29) is 0 Å². The van der Waals surface area contributed by atoms with Gasteiger partial charge < -0.3 is 24.8 Å². The van der Waals surface area contributed by atoms with Crippen molar-refractivity contribution in [3.8, 4) is 12.3 Å². The average Bonchev–Trinajstić information content (AvgIpc) is 2.15. The Kier molecular flexibility index (Phi) is 3.25. The number of aliphatic hydroxyl groups is 3. The third kappa shape index (κ3) is 1.82. The molecule has 1 aliphatic rings. The molecule has 1 rings (SSSR count). The summed E-state index contributed by atoms with van der Waals surface area (Å²) in [7, 11) is 1.31. The summed E-state index contributed by atoms with van der Waals surface area (Å²) in [5.74, 6) is 2.15. The van der Waals surface area contributed by atoms with Gasteiger partial charge in [0.1, 0.15) is 24.4 Å². The largest absolute Gasteiger partial charge is 0.387 e. The van der Waals surface area contributed by atoms with E-state index in [9.17, 15) is 15.3 Å². The van der Waals surface area contributed by atoms with Gasteiger partial charge in [0.15, 0.2) is 6.29 Å². The normalized spacial score (nSPS) is 45.6. The van der Waals surface area contributed by atoms with E-state index in [1.165, 1.54) is 7.11 Å². The average molecular weight is 188 g/mol. The molecule has 0 aromatic rings. The van der Waals surface area contributed by atoms with E-state index in [0.717, 1.165) is 0 Å². The molecule has 5 atom stereocenters. The van der Waals surface area contributed by atoms with Crippen LogP contribution >= 0.6 is 0 Å². The van der Waals surface area contributed by atoms with Crippen molar-refractivity contribution >= 4 is 0 Å². The number of rotatable bonds is 1. The monoisotopic (exact) mass is 188 g/mol. The molecule has 1 saturated heterocycles. The van der Waals surface area contributed by atoms with Crippen LogP contribution in [0.2, 0.25) is 0 Å². The maximum atomic E-state index is 9.29. The van der Waals surface area contributed by atoms with Crippen molar-refractivity contribution in [2.45, 2.75) is 30.7 Å².